The lowest BCUT2D eigenvalue weighted by Crippen LogP contribution is -2.36. The van der Waals surface area contributed by atoms with E-state index in [1.54, 1.807) is 29.7 Å². The molecular weight excluding hydrogens is 465 g/mol. The summed E-state index contributed by atoms with van der Waals surface area (Å²) in [4.78, 5) is 23.6. The second kappa shape index (κ2) is 12.5. The number of pyridine rings is 1. The minimum Gasteiger partial charge on any atom is -0.395 e. The molecule has 35 heavy (non-hydrogen) atoms. The summed E-state index contributed by atoms with van der Waals surface area (Å²) < 4.78 is 38.7. The van der Waals surface area contributed by atoms with Gasteiger partial charge in [-0.3, -0.25) is 4.40 Å². The third-order valence-electron chi connectivity index (χ3n) is 5.12. The summed E-state index contributed by atoms with van der Waals surface area (Å²) in [6.07, 6.45) is -0.146. The molecule has 2 amide bonds. The van der Waals surface area contributed by atoms with Crippen molar-refractivity contribution >= 4 is 17.4 Å². The van der Waals surface area contributed by atoms with Crippen molar-refractivity contribution in [2.24, 2.45) is 0 Å². The Labute approximate surface area is 200 Å². The number of likely N-dealkylation sites (N-methyl/N-ethyl adjacent to an activating group) is 1. The van der Waals surface area contributed by atoms with Crippen LogP contribution in [0.1, 0.15) is 5.56 Å². The summed E-state index contributed by atoms with van der Waals surface area (Å²) in [6.45, 7) is 1.16. The summed E-state index contributed by atoms with van der Waals surface area (Å²) in [5.74, 6) is 0. The zero-order valence-corrected chi connectivity index (χ0v) is 19.3. The number of rotatable bonds is 12. The van der Waals surface area contributed by atoms with E-state index in [0.717, 1.165) is 28.9 Å². The van der Waals surface area contributed by atoms with Crippen molar-refractivity contribution in [3.05, 3.63) is 54.4 Å². The van der Waals surface area contributed by atoms with Gasteiger partial charge in [-0.15, -0.1) is 0 Å². The lowest BCUT2D eigenvalue weighted by Gasteiger charge is -2.14. The van der Waals surface area contributed by atoms with Crippen LogP contribution in [0, 0.1) is 0 Å². The molecule has 0 aliphatic heterocycles. The number of fused-ring (bicyclic) bond motifs is 1. The molecule has 9 nitrogen and oxygen atoms in total. The number of aliphatic hydroxyl groups is 1. The maximum absolute atomic E-state index is 12.3. The number of urea groups is 1. The molecule has 2 heterocycles. The van der Waals surface area contributed by atoms with Gasteiger partial charge in [-0.05, 0) is 43.3 Å². The van der Waals surface area contributed by atoms with Crippen LogP contribution in [0.3, 0.4) is 0 Å². The maximum Gasteiger partial charge on any atom is 0.405 e. The fourth-order valence-electron chi connectivity index (χ4n) is 3.33. The second-order valence-corrected chi connectivity index (χ2v) is 7.93. The Hall–Kier alpha value is -3.19. The van der Waals surface area contributed by atoms with Crippen molar-refractivity contribution in [2.45, 2.75) is 12.6 Å². The fraction of sp³-hybridized carbons (Fsp3) is 0.391. The number of benzene rings is 1. The molecule has 0 fully saturated rings. The highest BCUT2D eigenvalue weighted by atomic mass is 19.4. The van der Waals surface area contributed by atoms with Crippen LogP contribution in [0.4, 0.5) is 23.7 Å². The molecule has 0 aliphatic rings. The van der Waals surface area contributed by atoms with Gasteiger partial charge in [0.25, 0.3) is 0 Å². The molecule has 0 radical (unpaired) electrons. The van der Waals surface area contributed by atoms with Crippen molar-refractivity contribution in [3.63, 3.8) is 0 Å². The Bertz CT molecular complexity index is 1110. The SMILES string of the molecule is CN(CCO)CCONCCc1ccn2c(-c3cccc(NC(=O)NCC(F)(F)F)c3)cnc2c1. The van der Waals surface area contributed by atoms with Crippen molar-refractivity contribution in [1.29, 1.82) is 0 Å². The number of halogens is 3. The minimum absolute atomic E-state index is 0.118. The zero-order valence-electron chi connectivity index (χ0n) is 19.3. The van der Waals surface area contributed by atoms with Gasteiger partial charge in [-0.2, -0.15) is 13.2 Å². The quantitative estimate of drug-likeness (QED) is 0.228. The molecule has 4 N–H and O–H groups in total. The first-order valence-electron chi connectivity index (χ1n) is 11.1. The molecule has 0 atom stereocenters. The predicted octanol–water partition coefficient (Wildman–Crippen LogP) is 2.67. The number of alkyl halides is 3. The summed E-state index contributed by atoms with van der Waals surface area (Å²) in [5.41, 5.74) is 6.63. The average Bonchev–Trinajstić information content (AvgIpc) is 3.23. The Morgan fingerprint density at radius 2 is 2.06 bits per heavy atom. The molecule has 3 rings (SSSR count). The van der Waals surface area contributed by atoms with E-state index in [0.29, 0.717) is 31.9 Å². The van der Waals surface area contributed by atoms with E-state index in [1.807, 2.05) is 40.7 Å². The van der Waals surface area contributed by atoms with Gasteiger partial charge in [0.1, 0.15) is 12.2 Å². The normalized spacial score (nSPS) is 11.8. The first-order chi connectivity index (χ1) is 16.7. The topological polar surface area (TPSA) is 103 Å². The lowest BCUT2D eigenvalue weighted by atomic mass is 10.1. The van der Waals surface area contributed by atoms with E-state index in [9.17, 15) is 18.0 Å². The van der Waals surface area contributed by atoms with Crippen LogP contribution < -0.4 is 16.1 Å². The summed E-state index contributed by atoms with van der Waals surface area (Å²) in [5, 5.41) is 13.1. The molecule has 1 aromatic carbocycles. The molecular formula is C23H29F3N6O3. The van der Waals surface area contributed by atoms with Gasteiger partial charge in [0.15, 0.2) is 0 Å². The molecule has 0 unspecified atom stereocenters. The summed E-state index contributed by atoms with van der Waals surface area (Å²) >= 11 is 0. The van der Waals surface area contributed by atoms with E-state index in [-0.39, 0.29) is 6.61 Å². The van der Waals surface area contributed by atoms with Gasteiger partial charge in [-0.25, -0.2) is 15.3 Å². The van der Waals surface area contributed by atoms with Crippen molar-refractivity contribution in [3.8, 4) is 11.3 Å². The van der Waals surface area contributed by atoms with Crippen LogP contribution in [0.25, 0.3) is 16.9 Å². The van der Waals surface area contributed by atoms with E-state index < -0.39 is 18.8 Å². The molecule has 12 heteroatoms. The number of aliphatic hydroxyl groups excluding tert-OH is 1. The molecule has 0 spiro atoms. The predicted molar refractivity (Wildman–Crippen MR) is 126 cm³/mol. The first-order valence-corrected chi connectivity index (χ1v) is 11.1. The number of carbonyl (C=O) groups is 1. The van der Waals surface area contributed by atoms with Gasteiger partial charge in [0, 0.05) is 37.1 Å². The zero-order chi connectivity index (χ0) is 25.3. The number of aromatic nitrogens is 2. The fourth-order valence-corrected chi connectivity index (χ4v) is 3.33. The largest absolute Gasteiger partial charge is 0.405 e. The Kier molecular flexibility index (Phi) is 9.43. The molecule has 0 saturated heterocycles. The molecule has 0 saturated carbocycles. The van der Waals surface area contributed by atoms with Crippen LogP contribution in [0.5, 0.6) is 0 Å². The standard InChI is InChI=1S/C23H29F3N6O3/c1-31(9-11-33)10-12-35-29-7-5-17-6-8-32-20(15-27-21(32)13-17)18-3-2-4-19(14-18)30-22(34)28-16-23(24,25)26/h2-4,6,8,13-15,29,33H,5,7,9-12,16H2,1H3,(H2,28,30,34). The number of hydrogen-bond acceptors (Lipinski definition) is 6. The number of imidazole rings is 1. The van der Waals surface area contributed by atoms with Crippen LogP contribution in [0.15, 0.2) is 48.8 Å². The van der Waals surface area contributed by atoms with Crippen molar-refractivity contribution in [1.82, 2.24) is 25.1 Å². The highest BCUT2D eigenvalue weighted by Gasteiger charge is 2.27. The number of amides is 2. The Balaban J connectivity index is 1.55. The van der Waals surface area contributed by atoms with Crippen LogP contribution in [-0.4, -0.2) is 78.0 Å². The van der Waals surface area contributed by atoms with Gasteiger partial charge >= 0.3 is 12.2 Å². The van der Waals surface area contributed by atoms with Crippen LogP contribution >= 0.6 is 0 Å². The molecule has 2 aromatic heterocycles. The maximum atomic E-state index is 12.3. The number of anilines is 1. The van der Waals surface area contributed by atoms with E-state index in [4.69, 9.17) is 9.94 Å². The molecule has 0 bridgehead atoms. The number of hydrogen-bond donors (Lipinski definition) is 4. The van der Waals surface area contributed by atoms with E-state index >= 15 is 0 Å². The average molecular weight is 495 g/mol. The molecule has 0 aliphatic carbocycles. The number of nitrogens with zero attached hydrogens (tertiary/aromatic N) is 3. The highest BCUT2D eigenvalue weighted by Crippen LogP contribution is 2.24. The Morgan fingerprint density at radius 3 is 2.83 bits per heavy atom. The number of hydroxylamine groups is 1. The highest BCUT2D eigenvalue weighted by molar-refractivity contribution is 5.90. The van der Waals surface area contributed by atoms with Crippen LogP contribution in [0.2, 0.25) is 0 Å². The summed E-state index contributed by atoms with van der Waals surface area (Å²) in [7, 11) is 1.91. The number of nitrogens with one attached hydrogen (secondary N) is 3. The van der Waals surface area contributed by atoms with Crippen molar-refractivity contribution in [2.75, 3.05) is 51.8 Å². The second-order valence-electron chi connectivity index (χ2n) is 7.93. The number of carbonyl (C=O) groups excluding carboxylic acids is 1. The monoisotopic (exact) mass is 494 g/mol. The third kappa shape index (κ3) is 8.51. The summed E-state index contributed by atoms with van der Waals surface area (Å²) in [6, 6.07) is 9.80. The van der Waals surface area contributed by atoms with Gasteiger partial charge in [0.05, 0.1) is 25.1 Å². The Morgan fingerprint density at radius 1 is 1.23 bits per heavy atom. The molecule has 3 aromatic rings. The van der Waals surface area contributed by atoms with Crippen LogP contribution in [-0.2, 0) is 11.3 Å². The third-order valence-corrected chi connectivity index (χ3v) is 5.12. The minimum atomic E-state index is -4.48. The van der Waals surface area contributed by atoms with Crippen molar-refractivity contribution < 1.29 is 27.9 Å². The lowest BCUT2D eigenvalue weighted by molar-refractivity contribution is -0.122. The van der Waals surface area contributed by atoms with Gasteiger partial charge in [0.2, 0.25) is 0 Å². The smallest absolute Gasteiger partial charge is 0.395 e. The molecule has 190 valence electrons. The van der Waals surface area contributed by atoms with E-state index in [1.165, 1.54) is 0 Å². The first kappa shape index (κ1) is 26.4. The van der Waals surface area contributed by atoms with Gasteiger partial charge < -0.3 is 25.5 Å². The van der Waals surface area contributed by atoms with E-state index in [2.05, 4.69) is 15.8 Å². The van der Waals surface area contributed by atoms with Gasteiger partial charge in [-0.1, -0.05) is 12.1 Å².